The number of benzene rings is 1. The molecule has 0 bridgehead atoms. The minimum Gasteiger partial charge on any atom is -0.480 e. The lowest BCUT2D eigenvalue weighted by Crippen LogP contribution is -2.58. The topological polar surface area (TPSA) is 209 Å². The molecular formula is C27H40N6O6. The molecule has 1 aromatic carbocycles. The molecule has 0 saturated heterocycles. The average molecular weight is 545 g/mol. The third-order valence-electron chi connectivity index (χ3n) is 6.33. The Morgan fingerprint density at radius 2 is 1.56 bits per heavy atom. The lowest BCUT2D eigenvalue weighted by molar-refractivity contribution is -0.142. The molecular weight excluding hydrogens is 504 g/mol. The number of H-pyrrole nitrogens is 1. The molecule has 4 atom stereocenters. The van der Waals surface area contributed by atoms with Crippen molar-refractivity contribution in [1.29, 1.82) is 0 Å². The number of nitrogens with two attached hydrogens (primary N) is 2. The molecule has 1 aromatic heterocycles. The molecule has 2 aromatic rings. The van der Waals surface area contributed by atoms with Gasteiger partial charge in [0.05, 0.1) is 6.04 Å². The molecule has 12 heteroatoms. The van der Waals surface area contributed by atoms with Gasteiger partial charge < -0.3 is 37.5 Å². The van der Waals surface area contributed by atoms with Gasteiger partial charge in [-0.15, -0.1) is 0 Å². The molecule has 1 heterocycles. The Bertz CT molecular complexity index is 1180. The first-order valence-electron chi connectivity index (χ1n) is 13.0. The van der Waals surface area contributed by atoms with Crippen molar-refractivity contribution in [3.05, 3.63) is 36.0 Å². The summed E-state index contributed by atoms with van der Waals surface area (Å²) < 4.78 is 0. The van der Waals surface area contributed by atoms with E-state index in [-0.39, 0.29) is 25.2 Å². The maximum atomic E-state index is 13.2. The highest BCUT2D eigenvalue weighted by molar-refractivity contribution is 5.94. The van der Waals surface area contributed by atoms with Crippen molar-refractivity contribution in [1.82, 2.24) is 20.9 Å². The fraction of sp³-hybridized carbons (Fsp3) is 0.519. The summed E-state index contributed by atoms with van der Waals surface area (Å²) in [6.45, 7) is 7.18. The van der Waals surface area contributed by atoms with Crippen LogP contribution in [-0.4, -0.2) is 63.9 Å². The van der Waals surface area contributed by atoms with Crippen LogP contribution in [0.2, 0.25) is 0 Å². The second-order valence-corrected chi connectivity index (χ2v) is 10.5. The Balaban J connectivity index is 2.16. The number of aromatic amines is 1. The van der Waals surface area contributed by atoms with E-state index >= 15 is 0 Å². The average Bonchev–Trinajstić information content (AvgIpc) is 3.26. The first-order chi connectivity index (χ1) is 18.3. The number of hydrogen-bond acceptors (Lipinski definition) is 6. The fourth-order valence-electron chi connectivity index (χ4n) is 4.22. The standard InChI is InChI=1S/C27H40N6O6/c1-14(2)11-18(28)24(35)31-20(9-10-22(29)34)25(36)33-23(15(3)4)26(37)32-21(27(38)39)12-16-13-30-19-8-6-5-7-17(16)19/h5-8,13-15,18,20-21,23,30H,9-12,28H2,1-4H3,(H2,29,34)(H,31,35)(H,32,37)(H,33,36)(H,38,39). The highest BCUT2D eigenvalue weighted by Crippen LogP contribution is 2.19. The maximum absolute atomic E-state index is 13.2. The number of amides is 4. The number of rotatable bonds is 15. The molecule has 0 spiro atoms. The highest BCUT2D eigenvalue weighted by Gasteiger charge is 2.32. The van der Waals surface area contributed by atoms with Gasteiger partial charge in [-0.25, -0.2) is 4.79 Å². The predicted molar refractivity (Wildman–Crippen MR) is 146 cm³/mol. The van der Waals surface area contributed by atoms with Gasteiger partial charge in [0, 0.05) is 29.9 Å². The van der Waals surface area contributed by atoms with E-state index in [1.54, 1.807) is 20.0 Å². The van der Waals surface area contributed by atoms with Crippen molar-refractivity contribution in [2.24, 2.45) is 23.3 Å². The van der Waals surface area contributed by atoms with Crippen LogP contribution in [0.4, 0.5) is 0 Å². The van der Waals surface area contributed by atoms with Crippen LogP contribution in [0.15, 0.2) is 30.5 Å². The van der Waals surface area contributed by atoms with Crippen LogP contribution < -0.4 is 27.4 Å². The van der Waals surface area contributed by atoms with E-state index in [4.69, 9.17) is 11.5 Å². The van der Waals surface area contributed by atoms with Crippen molar-refractivity contribution in [2.45, 2.75) is 77.5 Å². The first kappa shape index (κ1) is 31.3. The van der Waals surface area contributed by atoms with Crippen molar-refractivity contribution >= 4 is 40.5 Å². The van der Waals surface area contributed by atoms with Gasteiger partial charge in [0.2, 0.25) is 23.6 Å². The third kappa shape index (κ3) is 9.40. The number of nitrogens with one attached hydrogen (secondary N) is 4. The van der Waals surface area contributed by atoms with Crippen LogP contribution >= 0.6 is 0 Å². The number of para-hydroxylation sites is 1. The summed E-state index contributed by atoms with van der Waals surface area (Å²) in [5.74, 6) is -4.14. The van der Waals surface area contributed by atoms with Crippen LogP contribution in [0.25, 0.3) is 10.9 Å². The van der Waals surface area contributed by atoms with Crippen molar-refractivity contribution in [2.75, 3.05) is 0 Å². The third-order valence-corrected chi connectivity index (χ3v) is 6.33. The van der Waals surface area contributed by atoms with Gasteiger partial charge in [0.15, 0.2) is 0 Å². The SMILES string of the molecule is CC(C)CC(N)C(=O)NC(CCC(N)=O)C(=O)NC(C(=O)NC(Cc1c[nH]c2ccccc12)C(=O)O)C(C)C. The number of carboxylic acids is 1. The smallest absolute Gasteiger partial charge is 0.326 e. The molecule has 12 nitrogen and oxygen atoms in total. The summed E-state index contributed by atoms with van der Waals surface area (Å²) in [5, 5.41) is 18.3. The monoisotopic (exact) mass is 544 g/mol. The molecule has 0 aliphatic rings. The summed E-state index contributed by atoms with van der Waals surface area (Å²) in [7, 11) is 0. The Hall–Kier alpha value is -3.93. The second kappa shape index (κ2) is 14.3. The van der Waals surface area contributed by atoms with Crippen LogP contribution in [0.5, 0.6) is 0 Å². The number of fused-ring (bicyclic) bond motifs is 1. The van der Waals surface area contributed by atoms with E-state index in [0.717, 1.165) is 16.5 Å². The number of carboxylic acid groups (broad SMARTS) is 1. The Morgan fingerprint density at radius 1 is 0.923 bits per heavy atom. The molecule has 0 aliphatic carbocycles. The molecule has 214 valence electrons. The predicted octanol–water partition coefficient (Wildman–Crippen LogP) is 0.544. The summed E-state index contributed by atoms with van der Waals surface area (Å²) in [6, 6.07) is 3.01. The van der Waals surface area contributed by atoms with Gasteiger partial charge in [-0.1, -0.05) is 45.9 Å². The molecule has 0 aliphatic heterocycles. The first-order valence-corrected chi connectivity index (χ1v) is 13.0. The number of aliphatic carboxylic acids is 1. The Morgan fingerprint density at radius 3 is 2.15 bits per heavy atom. The zero-order chi connectivity index (χ0) is 29.3. The van der Waals surface area contributed by atoms with Crippen LogP contribution in [-0.2, 0) is 30.4 Å². The van der Waals surface area contributed by atoms with Gasteiger partial charge in [0.25, 0.3) is 0 Å². The van der Waals surface area contributed by atoms with Crippen LogP contribution in [0, 0.1) is 11.8 Å². The Kier molecular flexibility index (Phi) is 11.5. The lowest BCUT2D eigenvalue weighted by Gasteiger charge is -2.27. The van der Waals surface area contributed by atoms with E-state index in [1.165, 1.54) is 0 Å². The summed E-state index contributed by atoms with van der Waals surface area (Å²) in [5.41, 5.74) is 12.7. The molecule has 39 heavy (non-hydrogen) atoms. The molecule has 2 rings (SSSR count). The number of primary amides is 1. The van der Waals surface area contributed by atoms with Gasteiger partial charge in [-0.3, -0.25) is 19.2 Å². The van der Waals surface area contributed by atoms with E-state index in [9.17, 15) is 29.1 Å². The van der Waals surface area contributed by atoms with Gasteiger partial charge >= 0.3 is 5.97 Å². The number of carbonyl (C=O) groups is 5. The molecule has 0 saturated carbocycles. The molecule has 4 amide bonds. The van der Waals surface area contributed by atoms with Gasteiger partial charge in [-0.2, -0.15) is 0 Å². The fourth-order valence-corrected chi connectivity index (χ4v) is 4.22. The Labute approximate surface area is 227 Å². The van der Waals surface area contributed by atoms with Crippen molar-refractivity contribution < 1.29 is 29.1 Å². The number of hydrogen-bond donors (Lipinski definition) is 7. The minimum absolute atomic E-state index is 0.0227. The molecule has 4 unspecified atom stereocenters. The maximum Gasteiger partial charge on any atom is 0.326 e. The largest absolute Gasteiger partial charge is 0.480 e. The van der Waals surface area contributed by atoms with Crippen molar-refractivity contribution in [3.63, 3.8) is 0 Å². The van der Waals surface area contributed by atoms with Gasteiger partial charge in [-0.05, 0) is 36.3 Å². The van der Waals surface area contributed by atoms with E-state index in [0.29, 0.717) is 6.42 Å². The number of aromatic nitrogens is 1. The highest BCUT2D eigenvalue weighted by atomic mass is 16.4. The summed E-state index contributed by atoms with van der Waals surface area (Å²) >= 11 is 0. The summed E-state index contributed by atoms with van der Waals surface area (Å²) in [4.78, 5) is 65.4. The van der Waals surface area contributed by atoms with E-state index in [1.807, 2.05) is 38.1 Å². The lowest BCUT2D eigenvalue weighted by atomic mass is 10.00. The van der Waals surface area contributed by atoms with Crippen molar-refractivity contribution in [3.8, 4) is 0 Å². The number of carbonyl (C=O) groups excluding carboxylic acids is 4. The van der Waals surface area contributed by atoms with E-state index in [2.05, 4.69) is 20.9 Å². The molecule has 0 radical (unpaired) electrons. The van der Waals surface area contributed by atoms with Crippen LogP contribution in [0.3, 0.4) is 0 Å². The minimum atomic E-state index is -1.26. The van der Waals surface area contributed by atoms with Gasteiger partial charge in [0.1, 0.15) is 18.1 Å². The molecule has 9 N–H and O–H groups in total. The second-order valence-electron chi connectivity index (χ2n) is 10.5. The zero-order valence-electron chi connectivity index (χ0n) is 22.8. The zero-order valence-corrected chi connectivity index (χ0v) is 22.8. The summed E-state index contributed by atoms with van der Waals surface area (Å²) in [6.07, 6.45) is 1.84. The van der Waals surface area contributed by atoms with E-state index < -0.39 is 59.7 Å². The molecule has 0 fully saturated rings. The quantitative estimate of drug-likeness (QED) is 0.169. The normalized spacial score (nSPS) is 14.4. The van der Waals surface area contributed by atoms with Crippen LogP contribution in [0.1, 0.15) is 52.5 Å².